The summed E-state index contributed by atoms with van der Waals surface area (Å²) in [5, 5.41) is 3.74. The summed E-state index contributed by atoms with van der Waals surface area (Å²) >= 11 is 0. The third-order valence-electron chi connectivity index (χ3n) is 6.07. The highest BCUT2D eigenvalue weighted by molar-refractivity contribution is 6.02. The zero-order valence-electron chi connectivity index (χ0n) is 21.9. The quantitative estimate of drug-likeness (QED) is 0.277. The molecule has 1 aromatic heterocycles. The van der Waals surface area contributed by atoms with Crippen LogP contribution in [0.1, 0.15) is 46.1 Å². The van der Waals surface area contributed by atoms with E-state index in [2.05, 4.69) is 5.32 Å². The van der Waals surface area contributed by atoms with Gasteiger partial charge in [-0.15, -0.1) is 0 Å². The smallest absolute Gasteiger partial charge is 0.337 e. The summed E-state index contributed by atoms with van der Waals surface area (Å²) < 4.78 is 22.4. The van der Waals surface area contributed by atoms with E-state index >= 15 is 0 Å². The predicted octanol–water partition coefficient (Wildman–Crippen LogP) is 4.24. The fourth-order valence-electron chi connectivity index (χ4n) is 4.57. The lowest BCUT2D eigenvalue weighted by atomic mass is 9.79. The molecule has 2 heterocycles. The van der Waals surface area contributed by atoms with Gasteiger partial charge in [0.2, 0.25) is 5.43 Å². The van der Waals surface area contributed by atoms with Crippen molar-refractivity contribution in [3.05, 3.63) is 80.8 Å². The lowest BCUT2D eigenvalue weighted by Crippen LogP contribution is -2.35. The summed E-state index contributed by atoms with van der Waals surface area (Å²) in [7, 11) is 0. The first-order valence-electron chi connectivity index (χ1n) is 12.3. The van der Waals surface area contributed by atoms with Gasteiger partial charge in [-0.05, 0) is 45.9 Å². The highest BCUT2D eigenvalue weighted by atomic mass is 16.5. The van der Waals surface area contributed by atoms with E-state index in [1.165, 1.54) is 6.92 Å². The molecule has 0 saturated carbocycles. The van der Waals surface area contributed by atoms with Crippen molar-refractivity contribution < 1.29 is 33.0 Å². The Kier molecular flexibility index (Phi) is 7.66. The number of dihydropyridines is 1. The molecule has 3 aromatic rings. The summed E-state index contributed by atoms with van der Waals surface area (Å²) in [5.74, 6) is -2.95. The Morgan fingerprint density at radius 3 is 2.37 bits per heavy atom. The number of allylic oxidation sites excluding steroid dienone is 1. The lowest BCUT2D eigenvalue weighted by molar-refractivity contribution is -0.144. The number of rotatable bonds is 7. The van der Waals surface area contributed by atoms with Crippen molar-refractivity contribution in [2.45, 2.75) is 46.6 Å². The van der Waals surface area contributed by atoms with Crippen LogP contribution in [0.5, 0.6) is 0 Å². The van der Waals surface area contributed by atoms with Crippen LogP contribution in [-0.4, -0.2) is 37.2 Å². The van der Waals surface area contributed by atoms with Gasteiger partial charge in [-0.2, -0.15) is 0 Å². The van der Waals surface area contributed by atoms with Crippen LogP contribution in [0.2, 0.25) is 0 Å². The molecule has 198 valence electrons. The lowest BCUT2D eigenvalue weighted by Gasteiger charge is -2.31. The molecule has 9 heteroatoms. The van der Waals surface area contributed by atoms with Gasteiger partial charge in [0.25, 0.3) is 0 Å². The Labute approximate surface area is 219 Å². The number of hydrogen-bond acceptors (Lipinski definition) is 9. The van der Waals surface area contributed by atoms with Crippen LogP contribution in [0.3, 0.4) is 0 Å². The predicted molar refractivity (Wildman–Crippen MR) is 140 cm³/mol. The number of para-hydroxylation sites is 2. The number of esters is 3. The number of carbonyl (C=O) groups excluding carboxylic acids is 3. The van der Waals surface area contributed by atoms with Gasteiger partial charge in [-0.3, -0.25) is 9.59 Å². The summed E-state index contributed by atoms with van der Waals surface area (Å²) in [6.45, 7) is 7.82. The molecule has 4 rings (SSSR count). The molecule has 0 fully saturated rings. The molecule has 1 aliphatic rings. The maximum Gasteiger partial charge on any atom is 0.337 e. The molecule has 0 aliphatic carbocycles. The Morgan fingerprint density at radius 2 is 1.68 bits per heavy atom. The van der Waals surface area contributed by atoms with Crippen molar-refractivity contribution in [3.8, 4) is 0 Å². The molecule has 0 bridgehead atoms. The minimum absolute atomic E-state index is 0.0534. The SMILES string of the molecule is CCOC(=O)C1=C(COC(C)=O)NC(C)=C(C(=O)OC(C)C)C1c1cccc2c(=O)c3ccccc3oc12. The normalized spacial score (nSPS) is 15.6. The zero-order valence-corrected chi connectivity index (χ0v) is 21.9. The Balaban J connectivity index is 2.06. The molecule has 1 unspecified atom stereocenters. The van der Waals surface area contributed by atoms with Crippen molar-refractivity contribution in [2.75, 3.05) is 13.2 Å². The number of nitrogens with one attached hydrogen (secondary N) is 1. The van der Waals surface area contributed by atoms with Crippen LogP contribution in [0, 0.1) is 0 Å². The average molecular weight is 520 g/mol. The first-order chi connectivity index (χ1) is 18.1. The topological polar surface area (TPSA) is 121 Å². The van der Waals surface area contributed by atoms with Crippen LogP contribution in [0.15, 0.2) is 74.2 Å². The van der Waals surface area contributed by atoms with Crippen molar-refractivity contribution in [1.29, 1.82) is 0 Å². The molecule has 0 radical (unpaired) electrons. The standard InChI is InChI=1S/C29H29NO8/c1-6-35-28(33)25-21(14-36-17(5)31)30-16(4)23(29(34)37-15(2)3)24(25)19-11-9-12-20-26(32)18-10-7-8-13-22(18)38-27(19)20/h7-13,15,24,30H,6,14H2,1-5H3. The summed E-state index contributed by atoms with van der Waals surface area (Å²) in [5.41, 5.74) is 1.59. The van der Waals surface area contributed by atoms with E-state index in [9.17, 15) is 19.2 Å². The third-order valence-corrected chi connectivity index (χ3v) is 6.07. The minimum Gasteiger partial charge on any atom is -0.463 e. The van der Waals surface area contributed by atoms with Gasteiger partial charge in [0.15, 0.2) is 0 Å². The molecule has 1 N–H and O–H groups in total. The van der Waals surface area contributed by atoms with Crippen molar-refractivity contribution >= 4 is 39.8 Å². The van der Waals surface area contributed by atoms with Crippen molar-refractivity contribution in [3.63, 3.8) is 0 Å². The second-order valence-electron chi connectivity index (χ2n) is 9.09. The van der Waals surface area contributed by atoms with Crippen LogP contribution >= 0.6 is 0 Å². The van der Waals surface area contributed by atoms with Crippen molar-refractivity contribution in [2.24, 2.45) is 0 Å². The minimum atomic E-state index is -1.04. The number of fused-ring (bicyclic) bond motifs is 2. The molecule has 0 saturated heterocycles. The molecule has 0 amide bonds. The Morgan fingerprint density at radius 1 is 0.974 bits per heavy atom. The first-order valence-corrected chi connectivity index (χ1v) is 12.3. The van der Waals surface area contributed by atoms with Gasteiger partial charge >= 0.3 is 17.9 Å². The van der Waals surface area contributed by atoms with Gasteiger partial charge in [0.05, 0.1) is 46.2 Å². The van der Waals surface area contributed by atoms with Gasteiger partial charge in [0, 0.05) is 18.2 Å². The fourth-order valence-corrected chi connectivity index (χ4v) is 4.57. The van der Waals surface area contributed by atoms with Gasteiger partial charge in [-0.25, -0.2) is 9.59 Å². The van der Waals surface area contributed by atoms with Crippen molar-refractivity contribution in [1.82, 2.24) is 5.32 Å². The van der Waals surface area contributed by atoms with Crippen LogP contribution in [0.4, 0.5) is 0 Å². The monoisotopic (exact) mass is 519 g/mol. The largest absolute Gasteiger partial charge is 0.463 e. The van der Waals surface area contributed by atoms with E-state index in [0.29, 0.717) is 27.6 Å². The second kappa shape index (κ2) is 10.9. The molecule has 38 heavy (non-hydrogen) atoms. The number of ether oxygens (including phenoxy) is 3. The molecule has 0 spiro atoms. The van der Waals surface area contributed by atoms with Gasteiger partial charge in [-0.1, -0.05) is 24.3 Å². The molecular formula is C29H29NO8. The number of benzene rings is 2. The van der Waals surface area contributed by atoms with E-state index in [4.69, 9.17) is 18.6 Å². The van der Waals surface area contributed by atoms with Gasteiger partial charge < -0.3 is 23.9 Å². The summed E-state index contributed by atoms with van der Waals surface area (Å²) in [6.07, 6.45) is -0.435. The van der Waals surface area contributed by atoms with Crippen LogP contribution in [-0.2, 0) is 28.6 Å². The average Bonchev–Trinajstić information content (AvgIpc) is 2.86. The molecular weight excluding hydrogens is 490 g/mol. The molecule has 1 atom stereocenters. The maximum atomic E-state index is 13.4. The number of hydrogen-bond donors (Lipinski definition) is 1. The van der Waals surface area contributed by atoms with E-state index in [-0.39, 0.29) is 41.1 Å². The van der Waals surface area contributed by atoms with E-state index in [0.717, 1.165) is 0 Å². The molecule has 1 aliphatic heterocycles. The maximum absolute atomic E-state index is 13.4. The highest BCUT2D eigenvalue weighted by Crippen LogP contribution is 2.42. The second-order valence-corrected chi connectivity index (χ2v) is 9.09. The van der Waals surface area contributed by atoms with E-state index < -0.39 is 29.9 Å². The Hall–Kier alpha value is -4.40. The molecule has 9 nitrogen and oxygen atoms in total. The fraction of sp³-hybridized carbons (Fsp3) is 0.310. The van der Waals surface area contributed by atoms with Crippen LogP contribution < -0.4 is 10.7 Å². The summed E-state index contributed by atoms with van der Waals surface area (Å²) in [4.78, 5) is 51.9. The van der Waals surface area contributed by atoms with E-state index in [1.807, 2.05) is 0 Å². The third kappa shape index (κ3) is 5.04. The van der Waals surface area contributed by atoms with Gasteiger partial charge in [0.1, 0.15) is 17.8 Å². The highest BCUT2D eigenvalue weighted by Gasteiger charge is 2.41. The summed E-state index contributed by atoms with van der Waals surface area (Å²) in [6, 6.07) is 11.8. The first kappa shape index (κ1) is 26.7. The zero-order chi connectivity index (χ0) is 27.6. The van der Waals surface area contributed by atoms with Crippen LogP contribution in [0.25, 0.3) is 21.9 Å². The number of carbonyl (C=O) groups is 3. The Bertz CT molecular complexity index is 1560. The molecule has 2 aromatic carbocycles. The van der Waals surface area contributed by atoms with E-state index in [1.54, 1.807) is 70.2 Å².